The van der Waals surface area contributed by atoms with Gasteiger partial charge in [0.1, 0.15) is 11.4 Å². The van der Waals surface area contributed by atoms with Crippen LogP contribution in [0.25, 0.3) is 0 Å². The number of unbranched alkanes of at least 4 members (excludes halogenated alkanes) is 1. The van der Waals surface area contributed by atoms with Gasteiger partial charge in [-0.15, -0.1) is 0 Å². The lowest BCUT2D eigenvalue weighted by molar-refractivity contribution is -0.131. The monoisotopic (exact) mass is 331 g/mol. The smallest absolute Gasteiger partial charge is 0.235 e. The van der Waals surface area contributed by atoms with Crippen molar-refractivity contribution in [3.8, 4) is 0 Å². The van der Waals surface area contributed by atoms with E-state index in [1.807, 2.05) is 12.2 Å². The van der Waals surface area contributed by atoms with Crippen LogP contribution in [0.15, 0.2) is 22.7 Å². The van der Waals surface area contributed by atoms with Crippen molar-refractivity contribution in [2.24, 2.45) is 11.8 Å². The Morgan fingerprint density at radius 2 is 2.38 bits per heavy atom. The lowest BCUT2D eigenvalue weighted by Gasteiger charge is -2.23. The minimum absolute atomic E-state index is 0.101. The van der Waals surface area contributed by atoms with Crippen molar-refractivity contribution in [1.82, 2.24) is 10.5 Å². The predicted octanol–water partition coefficient (Wildman–Crippen LogP) is 1.19. The molecule has 0 aromatic carbocycles. The van der Waals surface area contributed by atoms with Gasteiger partial charge in [0.05, 0.1) is 24.5 Å². The van der Waals surface area contributed by atoms with E-state index in [1.165, 1.54) is 0 Å². The van der Waals surface area contributed by atoms with Crippen molar-refractivity contribution >= 4 is 17.6 Å². The summed E-state index contributed by atoms with van der Waals surface area (Å²) in [7, 11) is 0. The van der Waals surface area contributed by atoms with Crippen molar-refractivity contribution in [3.05, 3.63) is 24.0 Å². The molecular weight excluding hydrogens is 310 g/mol. The number of nitrogens with one attached hydrogen (secondary N) is 1. The zero-order valence-corrected chi connectivity index (χ0v) is 13.8. The third-order valence-corrected chi connectivity index (χ3v) is 5.12. The van der Waals surface area contributed by atoms with Gasteiger partial charge in [-0.3, -0.25) is 14.5 Å². The number of hydrogen-bond donors (Lipinski definition) is 1. The Balaban J connectivity index is 1.59. The summed E-state index contributed by atoms with van der Waals surface area (Å²) >= 11 is 0. The number of anilines is 1. The minimum atomic E-state index is -0.721. The third-order valence-electron chi connectivity index (χ3n) is 5.12. The van der Waals surface area contributed by atoms with Crippen LogP contribution >= 0.6 is 0 Å². The quantitative estimate of drug-likeness (QED) is 0.647. The molecule has 2 amide bonds. The summed E-state index contributed by atoms with van der Waals surface area (Å²) in [6, 6.07) is 1.72. The zero-order valence-electron chi connectivity index (χ0n) is 13.8. The lowest BCUT2D eigenvalue weighted by Crippen LogP contribution is -2.44. The molecule has 0 unspecified atom stereocenters. The Labute approximate surface area is 140 Å². The highest BCUT2D eigenvalue weighted by atomic mass is 16.5. The van der Waals surface area contributed by atoms with Crippen molar-refractivity contribution in [2.45, 2.75) is 38.4 Å². The van der Waals surface area contributed by atoms with Gasteiger partial charge in [0.25, 0.3) is 0 Å². The number of aryl methyl sites for hydroxylation is 1. The van der Waals surface area contributed by atoms with Gasteiger partial charge in [-0.2, -0.15) is 0 Å². The van der Waals surface area contributed by atoms with Crippen molar-refractivity contribution in [1.29, 1.82) is 0 Å². The number of aromatic nitrogens is 1. The van der Waals surface area contributed by atoms with Gasteiger partial charge in [-0.05, 0) is 13.3 Å². The van der Waals surface area contributed by atoms with Crippen LogP contribution in [0, 0.1) is 18.8 Å². The topological polar surface area (TPSA) is 84.7 Å². The van der Waals surface area contributed by atoms with E-state index in [0.29, 0.717) is 24.7 Å². The van der Waals surface area contributed by atoms with Crippen molar-refractivity contribution in [3.63, 3.8) is 0 Å². The molecule has 3 aliphatic rings. The Hall–Kier alpha value is -2.15. The molecule has 7 nitrogen and oxygen atoms in total. The molecular formula is C17H21N3O4. The molecule has 128 valence electrons. The standard InChI is InChI=1S/C17H21N3O4/c1-3-4-7-18-15(21)13-11-5-6-17(23-11)9-20(16(22)14(13)17)12-8-10(2)24-19-12/h5-6,8,11,13-14H,3-4,7,9H2,1-2H3,(H,18,21)/t11-,13-,14+,17+/m1/s1. The van der Waals surface area contributed by atoms with Gasteiger partial charge < -0.3 is 14.6 Å². The molecule has 2 saturated heterocycles. The first-order valence-corrected chi connectivity index (χ1v) is 8.45. The van der Waals surface area contributed by atoms with Crippen molar-refractivity contribution < 1.29 is 18.8 Å². The number of fused-ring (bicyclic) bond motifs is 1. The van der Waals surface area contributed by atoms with E-state index >= 15 is 0 Å². The molecule has 4 atom stereocenters. The van der Waals surface area contributed by atoms with Crippen LogP contribution in [-0.4, -0.2) is 41.8 Å². The first-order chi connectivity index (χ1) is 11.6. The molecule has 1 N–H and O–H groups in total. The number of carbonyl (C=O) groups is 2. The van der Waals surface area contributed by atoms with Crippen LogP contribution < -0.4 is 10.2 Å². The zero-order chi connectivity index (χ0) is 16.9. The predicted molar refractivity (Wildman–Crippen MR) is 85.2 cm³/mol. The van der Waals surface area contributed by atoms with Gasteiger partial charge in [0.15, 0.2) is 5.82 Å². The maximum absolute atomic E-state index is 13.0. The molecule has 2 fully saturated rings. The second-order valence-electron chi connectivity index (χ2n) is 6.76. The Kier molecular flexibility index (Phi) is 3.49. The Bertz CT molecular complexity index is 712. The van der Waals surface area contributed by atoms with E-state index in [-0.39, 0.29) is 17.9 Å². The van der Waals surface area contributed by atoms with Gasteiger partial charge in [-0.1, -0.05) is 30.7 Å². The second-order valence-corrected chi connectivity index (χ2v) is 6.76. The van der Waals surface area contributed by atoms with Crippen LogP contribution in [0.4, 0.5) is 5.82 Å². The first-order valence-electron chi connectivity index (χ1n) is 8.45. The summed E-state index contributed by atoms with van der Waals surface area (Å²) < 4.78 is 11.1. The van der Waals surface area contributed by atoms with Gasteiger partial charge in [0, 0.05) is 12.6 Å². The van der Waals surface area contributed by atoms with E-state index in [1.54, 1.807) is 17.9 Å². The Morgan fingerprint density at radius 1 is 1.54 bits per heavy atom. The molecule has 1 spiro atoms. The fraction of sp³-hybridized carbons (Fsp3) is 0.588. The van der Waals surface area contributed by atoms with Crippen LogP contribution in [0.3, 0.4) is 0 Å². The molecule has 2 bridgehead atoms. The number of nitrogens with zero attached hydrogens (tertiary/aromatic N) is 2. The summed E-state index contributed by atoms with van der Waals surface area (Å²) in [6.45, 7) is 4.85. The number of ether oxygens (including phenoxy) is 1. The summed E-state index contributed by atoms with van der Waals surface area (Å²) in [6.07, 6.45) is 5.46. The van der Waals surface area contributed by atoms with Gasteiger partial charge >= 0.3 is 0 Å². The summed E-state index contributed by atoms with van der Waals surface area (Å²) in [5, 5.41) is 6.88. The third kappa shape index (κ3) is 2.11. The molecule has 24 heavy (non-hydrogen) atoms. The number of hydrogen-bond acceptors (Lipinski definition) is 5. The highest BCUT2D eigenvalue weighted by molar-refractivity contribution is 6.02. The molecule has 1 aromatic heterocycles. The number of amides is 2. The summed E-state index contributed by atoms with van der Waals surface area (Å²) in [5.74, 6) is -0.0701. The molecule has 3 aliphatic heterocycles. The van der Waals surface area contributed by atoms with E-state index in [0.717, 1.165) is 12.8 Å². The van der Waals surface area contributed by atoms with Crippen LogP contribution in [0.1, 0.15) is 25.5 Å². The normalized spacial score (nSPS) is 33.3. The maximum Gasteiger partial charge on any atom is 0.235 e. The summed E-state index contributed by atoms with van der Waals surface area (Å²) in [4.78, 5) is 27.2. The van der Waals surface area contributed by atoms with Crippen LogP contribution in [0.2, 0.25) is 0 Å². The average molecular weight is 331 g/mol. The average Bonchev–Trinajstić information content (AvgIpc) is 3.28. The highest BCUT2D eigenvalue weighted by Crippen LogP contribution is 2.52. The fourth-order valence-electron chi connectivity index (χ4n) is 3.98. The van der Waals surface area contributed by atoms with E-state index in [9.17, 15) is 9.59 Å². The number of rotatable bonds is 5. The molecule has 4 rings (SSSR count). The first kappa shape index (κ1) is 15.4. The second kappa shape index (κ2) is 5.44. The largest absolute Gasteiger partial charge is 0.360 e. The van der Waals surface area contributed by atoms with Crippen molar-refractivity contribution in [2.75, 3.05) is 18.0 Å². The number of carbonyl (C=O) groups excluding carboxylic acids is 2. The van der Waals surface area contributed by atoms with E-state index < -0.39 is 17.4 Å². The maximum atomic E-state index is 13.0. The van der Waals surface area contributed by atoms with Crippen LogP contribution in [0.5, 0.6) is 0 Å². The van der Waals surface area contributed by atoms with Gasteiger partial charge in [-0.25, -0.2) is 0 Å². The van der Waals surface area contributed by atoms with E-state index in [4.69, 9.17) is 9.26 Å². The minimum Gasteiger partial charge on any atom is -0.360 e. The molecule has 0 radical (unpaired) electrons. The molecule has 0 aliphatic carbocycles. The van der Waals surface area contributed by atoms with E-state index in [2.05, 4.69) is 17.4 Å². The summed E-state index contributed by atoms with van der Waals surface area (Å²) in [5.41, 5.74) is -0.721. The molecule has 7 heteroatoms. The van der Waals surface area contributed by atoms with Gasteiger partial charge in [0.2, 0.25) is 11.8 Å². The fourth-order valence-corrected chi connectivity index (χ4v) is 3.98. The SMILES string of the molecule is CCCCNC(=O)[C@H]1[C@H]2C(=O)N(c3cc(C)on3)C[C@@]23C=C[C@H]1O3. The lowest BCUT2D eigenvalue weighted by atomic mass is 9.77. The molecule has 0 saturated carbocycles. The highest BCUT2D eigenvalue weighted by Gasteiger charge is 2.67. The Morgan fingerprint density at radius 3 is 3.08 bits per heavy atom. The molecule has 4 heterocycles. The molecule has 1 aromatic rings. The van der Waals surface area contributed by atoms with Crippen LogP contribution in [-0.2, 0) is 14.3 Å².